The summed E-state index contributed by atoms with van der Waals surface area (Å²) in [6.07, 6.45) is -2.78. The minimum Gasteiger partial charge on any atom is -0.481 e. The summed E-state index contributed by atoms with van der Waals surface area (Å²) in [5.41, 5.74) is 0.272. The number of methoxy groups -OCH3 is 1. The lowest BCUT2D eigenvalue weighted by Crippen LogP contribution is -2.06. The molecule has 0 spiro atoms. The normalized spacial score (nSPS) is 13.0. The maximum atomic E-state index is 12.7. The predicted molar refractivity (Wildman–Crippen MR) is 72.3 cm³/mol. The summed E-state index contributed by atoms with van der Waals surface area (Å²) in [6, 6.07) is 6.57. The molecule has 0 N–H and O–H groups in total. The number of nitrogens with zero attached hydrogens (tertiary/aromatic N) is 2. The van der Waals surface area contributed by atoms with Crippen LogP contribution < -0.4 is 4.74 Å². The fraction of sp³-hybridized carbons (Fsp3) is 0.286. The van der Waals surface area contributed by atoms with Crippen molar-refractivity contribution < 1.29 is 17.9 Å². The number of rotatable bonds is 4. The quantitative estimate of drug-likeness (QED) is 0.799. The molecule has 0 saturated carbocycles. The topological polar surface area (TPSA) is 35.0 Å². The zero-order valence-electron chi connectivity index (χ0n) is 11.1. The van der Waals surface area contributed by atoms with Crippen molar-refractivity contribution in [2.75, 3.05) is 7.11 Å². The molecule has 1 atom stereocenters. The van der Waals surface area contributed by atoms with Crippen molar-refractivity contribution in [2.45, 2.75) is 18.0 Å². The summed E-state index contributed by atoms with van der Waals surface area (Å²) >= 11 is 6.19. The first-order chi connectivity index (χ1) is 9.90. The Balaban J connectivity index is 2.18. The lowest BCUT2D eigenvalue weighted by molar-refractivity contribution is -0.137. The van der Waals surface area contributed by atoms with E-state index in [0.29, 0.717) is 17.1 Å². The van der Waals surface area contributed by atoms with Crippen LogP contribution in [0, 0.1) is 0 Å². The monoisotopic (exact) mass is 316 g/mol. The number of hydrogen-bond donors (Lipinski definition) is 0. The van der Waals surface area contributed by atoms with Gasteiger partial charge in [-0.3, -0.25) is 0 Å². The van der Waals surface area contributed by atoms with Gasteiger partial charge in [-0.2, -0.15) is 13.2 Å². The lowest BCUT2D eigenvalue weighted by atomic mass is 10.0. The first-order valence-corrected chi connectivity index (χ1v) is 6.50. The molecule has 0 radical (unpaired) electrons. The van der Waals surface area contributed by atoms with Gasteiger partial charge in [-0.05, 0) is 11.6 Å². The predicted octanol–water partition coefficient (Wildman–Crippen LogP) is 4.03. The number of benzene rings is 1. The molecule has 2 aromatic rings. The van der Waals surface area contributed by atoms with Gasteiger partial charge in [0.15, 0.2) is 0 Å². The molecule has 112 valence electrons. The number of hydrogen-bond acceptors (Lipinski definition) is 3. The van der Waals surface area contributed by atoms with Gasteiger partial charge in [0.2, 0.25) is 5.88 Å². The maximum absolute atomic E-state index is 12.7. The van der Waals surface area contributed by atoms with E-state index in [4.69, 9.17) is 16.3 Å². The number of aromatic nitrogens is 2. The van der Waals surface area contributed by atoms with Gasteiger partial charge in [0, 0.05) is 18.2 Å². The van der Waals surface area contributed by atoms with Crippen LogP contribution in [0.5, 0.6) is 5.88 Å². The molecule has 0 saturated heterocycles. The number of ether oxygens (including phenoxy) is 1. The lowest BCUT2D eigenvalue weighted by Gasteiger charge is -2.13. The van der Waals surface area contributed by atoms with Crippen molar-refractivity contribution in [3.63, 3.8) is 0 Å². The van der Waals surface area contributed by atoms with E-state index in [1.165, 1.54) is 19.5 Å². The second kappa shape index (κ2) is 6.30. The highest BCUT2D eigenvalue weighted by Gasteiger charge is 2.30. The van der Waals surface area contributed by atoms with Crippen LogP contribution in [-0.2, 0) is 12.6 Å². The molecule has 1 aromatic carbocycles. The Morgan fingerprint density at radius 3 is 2.67 bits per heavy atom. The van der Waals surface area contributed by atoms with Crippen LogP contribution in [-0.4, -0.2) is 17.1 Å². The highest BCUT2D eigenvalue weighted by atomic mass is 35.5. The summed E-state index contributed by atoms with van der Waals surface area (Å²) in [6.45, 7) is 0. The third-order valence-electron chi connectivity index (χ3n) is 2.87. The third-order valence-corrected chi connectivity index (χ3v) is 3.28. The largest absolute Gasteiger partial charge is 0.481 e. The van der Waals surface area contributed by atoms with E-state index < -0.39 is 17.1 Å². The number of alkyl halides is 4. The summed E-state index contributed by atoms with van der Waals surface area (Å²) in [7, 11) is 1.47. The van der Waals surface area contributed by atoms with Crippen molar-refractivity contribution in [3.8, 4) is 5.88 Å². The van der Waals surface area contributed by atoms with E-state index >= 15 is 0 Å². The van der Waals surface area contributed by atoms with E-state index in [0.717, 1.165) is 12.1 Å². The molecule has 2 rings (SSSR count). The Hall–Kier alpha value is -1.82. The van der Waals surface area contributed by atoms with Gasteiger partial charge in [0.1, 0.15) is 6.33 Å². The van der Waals surface area contributed by atoms with Crippen LogP contribution in [0.2, 0.25) is 0 Å². The van der Waals surface area contributed by atoms with Crippen LogP contribution in [0.3, 0.4) is 0 Å². The second-order valence-corrected chi connectivity index (χ2v) is 4.87. The molecule has 1 unspecified atom stereocenters. The minimum atomic E-state index is -4.38. The highest BCUT2D eigenvalue weighted by Crippen LogP contribution is 2.33. The van der Waals surface area contributed by atoms with Crippen molar-refractivity contribution in [2.24, 2.45) is 0 Å². The Kier molecular flexibility index (Phi) is 4.67. The highest BCUT2D eigenvalue weighted by molar-refractivity contribution is 6.20. The molecule has 0 bridgehead atoms. The van der Waals surface area contributed by atoms with E-state index in [2.05, 4.69) is 9.97 Å². The van der Waals surface area contributed by atoms with Crippen molar-refractivity contribution in [1.29, 1.82) is 0 Å². The van der Waals surface area contributed by atoms with Crippen molar-refractivity contribution >= 4 is 11.6 Å². The molecule has 0 aliphatic carbocycles. The second-order valence-electron chi connectivity index (χ2n) is 4.35. The zero-order valence-corrected chi connectivity index (χ0v) is 11.8. The molecule has 3 nitrogen and oxygen atoms in total. The summed E-state index contributed by atoms with van der Waals surface area (Å²) < 4.78 is 43.0. The zero-order chi connectivity index (χ0) is 15.5. The van der Waals surface area contributed by atoms with Gasteiger partial charge < -0.3 is 4.74 Å². The Labute approximate surface area is 124 Å². The summed E-state index contributed by atoms with van der Waals surface area (Å²) in [5.74, 6) is 0.382. The average Bonchev–Trinajstić information content (AvgIpc) is 2.46. The molecule has 0 amide bonds. The van der Waals surface area contributed by atoms with E-state index in [-0.39, 0.29) is 6.42 Å². The smallest absolute Gasteiger partial charge is 0.416 e. The van der Waals surface area contributed by atoms with Gasteiger partial charge >= 0.3 is 6.18 Å². The SMILES string of the molecule is COc1cc(CC(Cl)c2cccc(C(F)(F)F)c2)ncn1. The molecule has 0 aliphatic heterocycles. The van der Waals surface area contributed by atoms with E-state index in [1.807, 2.05) is 0 Å². The van der Waals surface area contributed by atoms with E-state index in [1.54, 1.807) is 12.1 Å². The molecular weight excluding hydrogens is 305 g/mol. The third kappa shape index (κ3) is 4.07. The van der Waals surface area contributed by atoms with Crippen LogP contribution in [0.4, 0.5) is 13.2 Å². The van der Waals surface area contributed by atoms with Gasteiger partial charge in [-0.15, -0.1) is 11.6 Å². The average molecular weight is 317 g/mol. The molecule has 7 heteroatoms. The van der Waals surface area contributed by atoms with Crippen LogP contribution in [0.1, 0.15) is 22.2 Å². The Bertz CT molecular complexity index is 619. The van der Waals surface area contributed by atoms with Gasteiger partial charge in [0.25, 0.3) is 0 Å². The van der Waals surface area contributed by atoms with Gasteiger partial charge in [-0.25, -0.2) is 9.97 Å². The van der Waals surface area contributed by atoms with Gasteiger partial charge in [0.05, 0.1) is 18.1 Å². The summed E-state index contributed by atoms with van der Waals surface area (Å²) in [4.78, 5) is 7.89. The van der Waals surface area contributed by atoms with E-state index in [9.17, 15) is 13.2 Å². The molecular formula is C14H12ClF3N2O. The van der Waals surface area contributed by atoms with Crippen molar-refractivity contribution in [1.82, 2.24) is 9.97 Å². The molecule has 0 fully saturated rings. The molecule has 1 aromatic heterocycles. The summed E-state index contributed by atoms with van der Waals surface area (Å²) in [5, 5.41) is -0.619. The first kappa shape index (κ1) is 15.6. The fourth-order valence-corrected chi connectivity index (χ4v) is 2.11. The van der Waals surface area contributed by atoms with Gasteiger partial charge in [-0.1, -0.05) is 18.2 Å². The molecule has 0 aliphatic rings. The first-order valence-electron chi connectivity index (χ1n) is 6.06. The molecule has 21 heavy (non-hydrogen) atoms. The Morgan fingerprint density at radius 1 is 1.24 bits per heavy atom. The fourth-order valence-electron chi connectivity index (χ4n) is 1.81. The van der Waals surface area contributed by atoms with Crippen LogP contribution in [0.15, 0.2) is 36.7 Å². The van der Waals surface area contributed by atoms with Crippen LogP contribution >= 0.6 is 11.6 Å². The Morgan fingerprint density at radius 2 is 2.00 bits per heavy atom. The maximum Gasteiger partial charge on any atom is 0.416 e. The number of halogens is 4. The standard InChI is InChI=1S/C14H12ClF3N2O/c1-21-13-7-11(19-8-20-13)6-12(15)9-3-2-4-10(5-9)14(16,17)18/h2-5,7-8,12H,6H2,1H3. The van der Waals surface area contributed by atoms with Crippen molar-refractivity contribution in [3.05, 3.63) is 53.5 Å². The minimum absolute atomic E-state index is 0.280. The van der Waals surface area contributed by atoms with Crippen LogP contribution in [0.25, 0.3) is 0 Å². The molecule has 1 heterocycles.